The zero-order valence-corrected chi connectivity index (χ0v) is 11.2. The fourth-order valence-corrected chi connectivity index (χ4v) is 2.63. The van der Waals surface area contributed by atoms with Crippen LogP contribution in [0.2, 0.25) is 0 Å². The Labute approximate surface area is 116 Å². The van der Waals surface area contributed by atoms with E-state index in [4.69, 9.17) is 15.7 Å². The number of nitrogens with zero attached hydrogens (tertiary/aromatic N) is 1. The van der Waals surface area contributed by atoms with Crippen molar-refractivity contribution < 1.29 is 19.5 Å². The van der Waals surface area contributed by atoms with Crippen molar-refractivity contribution in [1.29, 1.82) is 0 Å². The molecule has 2 amide bonds. The second-order valence-electron chi connectivity index (χ2n) is 5.19. The van der Waals surface area contributed by atoms with Crippen LogP contribution in [-0.2, 0) is 14.3 Å². The first-order valence-corrected chi connectivity index (χ1v) is 6.72. The second-order valence-corrected chi connectivity index (χ2v) is 5.19. The summed E-state index contributed by atoms with van der Waals surface area (Å²) in [4.78, 5) is 23.5. The molecule has 2 rings (SSSR count). The van der Waals surface area contributed by atoms with Crippen LogP contribution < -0.4 is 16.4 Å². The van der Waals surface area contributed by atoms with E-state index in [9.17, 15) is 9.59 Å². The van der Waals surface area contributed by atoms with Crippen LogP contribution >= 0.6 is 0 Å². The summed E-state index contributed by atoms with van der Waals surface area (Å²) in [6.45, 7) is 1.14. The minimum Gasteiger partial charge on any atom is -0.409 e. The number of nitrogens with one attached hydrogen (secondary N) is 2. The van der Waals surface area contributed by atoms with Crippen molar-refractivity contribution in [1.82, 2.24) is 10.6 Å². The van der Waals surface area contributed by atoms with Crippen LogP contribution in [0.1, 0.15) is 25.7 Å². The molecule has 2 heterocycles. The topological polar surface area (TPSA) is 126 Å². The van der Waals surface area contributed by atoms with Gasteiger partial charge in [0.25, 0.3) is 0 Å². The van der Waals surface area contributed by atoms with Gasteiger partial charge in [-0.15, -0.1) is 0 Å². The van der Waals surface area contributed by atoms with Gasteiger partial charge >= 0.3 is 0 Å². The standard InChI is InChI=1S/C12H20N4O4/c13-10(16-19)12(3-5-20-6-4-12)11(18)14-7-8-1-2-9(17)15-8/h8,19H,1-7H2,(H2,13,16)(H,14,18)(H,15,17). The Balaban J connectivity index is 1.98. The highest BCUT2D eigenvalue weighted by atomic mass is 16.5. The normalized spacial score (nSPS) is 26.1. The number of hydrogen-bond acceptors (Lipinski definition) is 5. The lowest BCUT2D eigenvalue weighted by molar-refractivity contribution is -0.131. The summed E-state index contributed by atoms with van der Waals surface area (Å²) in [6.07, 6.45) is 1.95. The van der Waals surface area contributed by atoms with Crippen LogP contribution in [0, 0.1) is 5.41 Å². The number of ether oxygens (including phenoxy) is 1. The molecule has 8 nitrogen and oxygen atoms in total. The van der Waals surface area contributed by atoms with Gasteiger partial charge in [0.15, 0.2) is 5.84 Å². The summed E-state index contributed by atoms with van der Waals surface area (Å²) < 4.78 is 5.23. The molecule has 20 heavy (non-hydrogen) atoms. The van der Waals surface area contributed by atoms with Gasteiger partial charge in [0.1, 0.15) is 5.41 Å². The summed E-state index contributed by atoms with van der Waals surface area (Å²) in [5, 5.41) is 17.5. The highest BCUT2D eigenvalue weighted by Crippen LogP contribution is 2.31. The number of amidine groups is 1. The molecule has 0 radical (unpaired) electrons. The minimum absolute atomic E-state index is 0.00135. The number of nitrogens with two attached hydrogens (primary N) is 1. The van der Waals surface area contributed by atoms with Crippen molar-refractivity contribution in [3.8, 4) is 0 Å². The van der Waals surface area contributed by atoms with Crippen LogP contribution in [-0.4, -0.2) is 48.7 Å². The van der Waals surface area contributed by atoms with Crippen LogP contribution in [0.4, 0.5) is 0 Å². The first kappa shape index (κ1) is 14.6. The lowest BCUT2D eigenvalue weighted by atomic mass is 9.78. The summed E-state index contributed by atoms with van der Waals surface area (Å²) in [5.41, 5.74) is 4.69. The molecule has 0 aromatic carbocycles. The Morgan fingerprint density at radius 2 is 2.25 bits per heavy atom. The zero-order chi connectivity index (χ0) is 14.6. The summed E-state index contributed by atoms with van der Waals surface area (Å²) in [7, 11) is 0. The molecule has 8 heteroatoms. The van der Waals surface area contributed by atoms with Gasteiger partial charge in [-0.2, -0.15) is 0 Å². The van der Waals surface area contributed by atoms with Gasteiger partial charge in [-0.1, -0.05) is 5.16 Å². The molecule has 1 unspecified atom stereocenters. The van der Waals surface area contributed by atoms with Gasteiger partial charge in [0.2, 0.25) is 11.8 Å². The third-order valence-corrected chi connectivity index (χ3v) is 3.97. The smallest absolute Gasteiger partial charge is 0.234 e. The van der Waals surface area contributed by atoms with E-state index in [2.05, 4.69) is 15.8 Å². The average Bonchev–Trinajstić information content (AvgIpc) is 2.90. The Kier molecular flexibility index (Phi) is 4.43. The van der Waals surface area contributed by atoms with Crippen LogP contribution in [0.25, 0.3) is 0 Å². The molecule has 1 atom stereocenters. The van der Waals surface area contributed by atoms with Gasteiger partial charge in [0, 0.05) is 32.2 Å². The number of carbonyl (C=O) groups excluding carboxylic acids is 2. The maximum atomic E-state index is 12.4. The molecular weight excluding hydrogens is 264 g/mol. The SMILES string of the molecule is NC(=NO)C1(C(=O)NCC2CCC(=O)N2)CCOCC1. The van der Waals surface area contributed by atoms with Crippen molar-refractivity contribution in [3.05, 3.63) is 0 Å². The predicted molar refractivity (Wildman–Crippen MR) is 70.1 cm³/mol. The Bertz CT molecular complexity index is 418. The summed E-state index contributed by atoms with van der Waals surface area (Å²) in [5.74, 6) is -0.368. The molecular formula is C12H20N4O4. The number of carbonyl (C=O) groups is 2. The quantitative estimate of drug-likeness (QED) is 0.226. The van der Waals surface area contributed by atoms with Gasteiger partial charge in [-0.3, -0.25) is 9.59 Å². The molecule has 2 aliphatic rings. The zero-order valence-electron chi connectivity index (χ0n) is 11.2. The number of rotatable bonds is 4. The second kappa shape index (κ2) is 6.08. The maximum absolute atomic E-state index is 12.4. The molecule has 0 bridgehead atoms. The van der Waals surface area contributed by atoms with E-state index >= 15 is 0 Å². The largest absolute Gasteiger partial charge is 0.409 e. The van der Waals surface area contributed by atoms with Gasteiger partial charge in [-0.25, -0.2) is 0 Å². The van der Waals surface area contributed by atoms with Crippen molar-refractivity contribution in [2.75, 3.05) is 19.8 Å². The molecule has 0 saturated carbocycles. The van der Waals surface area contributed by atoms with Crippen LogP contribution in [0.3, 0.4) is 0 Å². The predicted octanol–water partition coefficient (Wildman–Crippen LogP) is -1.08. The molecule has 0 aromatic rings. The Hall–Kier alpha value is -1.83. The van der Waals surface area contributed by atoms with E-state index in [0.29, 0.717) is 45.4 Å². The van der Waals surface area contributed by atoms with Gasteiger partial charge < -0.3 is 26.3 Å². The fourth-order valence-electron chi connectivity index (χ4n) is 2.63. The maximum Gasteiger partial charge on any atom is 0.234 e. The first-order valence-electron chi connectivity index (χ1n) is 6.72. The number of oxime groups is 1. The third kappa shape index (κ3) is 2.84. The third-order valence-electron chi connectivity index (χ3n) is 3.97. The molecule has 2 aliphatic heterocycles. The van der Waals surface area contributed by atoms with Crippen molar-refractivity contribution >= 4 is 17.6 Å². The van der Waals surface area contributed by atoms with E-state index in [1.54, 1.807) is 0 Å². The molecule has 0 aliphatic carbocycles. The van der Waals surface area contributed by atoms with Gasteiger partial charge in [0.05, 0.1) is 0 Å². The van der Waals surface area contributed by atoms with Crippen LogP contribution in [0.15, 0.2) is 5.16 Å². The Morgan fingerprint density at radius 3 is 2.80 bits per heavy atom. The molecule has 5 N–H and O–H groups in total. The lowest BCUT2D eigenvalue weighted by Gasteiger charge is -2.34. The van der Waals surface area contributed by atoms with E-state index in [1.807, 2.05) is 0 Å². The van der Waals surface area contributed by atoms with E-state index < -0.39 is 5.41 Å². The number of hydrogen-bond donors (Lipinski definition) is 4. The summed E-state index contributed by atoms with van der Waals surface area (Å²) >= 11 is 0. The summed E-state index contributed by atoms with van der Waals surface area (Å²) in [6, 6.07) is -0.0457. The molecule has 2 fully saturated rings. The fraction of sp³-hybridized carbons (Fsp3) is 0.750. The molecule has 112 valence electrons. The van der Waals surface area contributed by atoms with Crippen molar-refractivity contribution in [2.24, 2.45) is 16.3 Å². The highest BCUT2D eigenvalue weighted by molar-refractivity contribution is 6.06. The molecule has 0 aromatic heterocycles. The lowest BCUT2D eigenvalue weighted by Crippen LogP contribution is -2.54. The first-order chi connectivity index (χ1) is 9.58. The van der Waals surface area contributed by atoms with E-state index in [1.165, 1.54) is 0 Å². The number of amides is 2. The highest BCUT2D eigenvalue weighted by Gasteiger charge is 2.44. The minimum atomic E-state index is -1.02. The Morgan fingerprint density at radius 1 is 1.55 bits per heavy atom. The average molecular weight is 284 g/mol. The van der Waals surface area contributed by atoms with Gasteiger partial charge in [-0.05, 0) is 19.3 Å². The molecule has 0 spiro atoms. The van der Waals surface area contributed by atoms with Crippen molar-refractivity contribution in [2.45, 2.75) is 31.7 Å². The monoisotopic (exact) mass is 284 g/mol. The van der Waals surface area contributed by atoms with E-state index in [0.717, 1.165) is 0 Å². The van der Waals surface area contributed by atoms with E-state index in [-0.39, 0.29) is 23.7 Å². The molecule has 2 saturated heterocycles. The van der Waals surface area contributed by atoms with Crippen molar-refractivity contribution in [3.63, 3.8) is 0 Å². The van der Waals surface area contributed by atoms with Crippen LogP contribution in [0.5, 0.6) is 0 Å².